The number of para-hydroxylation sites is 2. The molecule has 3 aromatic carbocycles. The van der Waals surface area contributed by atoms with Gasteiger partial charge in [-0.1, -0.05) is 55.0 Å². The van der Waals surface area contributed by atoms with Crippen molar-refractivity contribution in [1.29, 1.82) is 0 Å². The maximum Gasteiger partial charge on any atom is 0.332 e. The summed E-state index contributed by atoms with van der Waals surface area (Å²) in [5.74, 6) is -0.366. The van der Waals surface area contributed by atoms with Crippen LogP contribution in [0.5, 0.6) is 0 Å². The molecule has 0 N–H and O–H groups in total. The predicted octanol–water partition coefficient (Wildman–Crippen LogP) is 6.35. The number of aromatic nitrogens is 2. The molecule has 0 amide bonds. The van der Waals surface area contributed by atoms with Crippen LogP contribution in [0.25, 0.3) is 21.8 Å². The molecule has 9 nitrogen and oxygen atoms in total. The van der Waals surface area contributed by atoms with Crippen LogP contribution in [0.3, 0.4) is 0 Å². The molecule has 1 aliphatic rings. The number of morpholine rings is 1. The van der Waals surface area contributed by atoms with Crippen molar-refractivity contribution in [1.82, 2.24) is 18.9 Å². The highest BCUT2D eigenvalue weighted by atomic mass is 19.1. The van der Waals surface area contributed by atoms with Crippen LogP contribution in [0, 0.1) is 0 Å². The number of rotatable bonds is 18. The van der Waals surface area contributed by atoms with Crippen molar-refractivity contribution in [2.24, 2.45) is 0 Å². The third kappa shape index (κ3) is 9.75. The molecule has 2 unspecified atom stereocenters. The summed E-state index contributed by atoms with van der Waals surface area (Å²) in [6.07, 6.45) is 1.68. The van der Waals surface area contributed by atoms with Gasteiger partial charge in [0.25, 0.3) is 0 Å². The van der Waals surface area contributed by atoms with E-state index in [1.165, 1.54) is 4.57 Å². The number of benzene rings is 3. The van der Waals surface area contributed by atoms with Crippen LogP contribution in [-0.4, -0.2) is 90.6 Å². The van der Waals surface area contributed by atoms with E-state index in [0.717, 1.165) is 73.8 Å². The average Bonchev–Trinajstić information content (AvgIpc) is 3.37. The number of carbonyl (C=O) groups is 1. The summed E-state index contributed by atoms with van der Waals surface area (Å²) in [7, 11) is 2.08. The van der Waals surface area contributed by atoms with Crippen molar-refractivity contribution < 1.29 is 23.4 Å². The lowest BCUT2D eigenvalue weighted by atomic mass is 10.0. The van der Waals surface area contributed by atoms with Gasteiger partial charge in [-0.3, -0.25) is 14.0 Å². The second-order valence-electron chi connectivity index (χ2n) is 13.1. The van der Waals surface area contributed by atoms with E-state index in [1.807, 2.05) is 50.2 Å². The van der Waals surface area contributed by atoms with Crippen LogP contribution in [0.2, 0.25) is 0 Å². The number of imidazole rings is 1. The highest BCUT2D eigenvalue weighted by Crippen LogP contribution is 2.26. The molecule has 1 aromatic heterocycles. The Bertz CT molecular complexity index is 1660. The van der Waals surface area contributed by atoms with Gasteiger partial charge >= 0.3 is 11.7 Å². The van der Waals surface area contributed by atoms with E-state index in [-0.39, 0.29) is 30.5 Å². The molecule has 2 atom stereocenters. The van der Waals surface area contributed by atoms with Gasteiger partial charge in [0, 0.05) is 32.7 Å². The molecule has 48 heavy (non-hydrogen) atoms. The standard InChI is InChI=1S/C38H51FN4O5/c1-29(2)48-37(44)28-47-35(32-17-16-30-11-6-7-12-31(30)27-32)18-20-40(3)19-10-4-5-15-36(39)43-34-14-9-8-13-33(34)42(38(43)45)22-21-41-23-25-46-26-24-41/h6-9,11-14,16-17,27,29,35-36H,4-5,10,15,18-26,28H2,1-3H3. The number of nitrogens with zero attached hydrogens (tertiary/aromatic N) is 4. The zero-order valence-electron chi connectivity index (χ0n) is 28.7. The summed E-state index contributed by atoms with van der Waals surface area (Å²) >= 11 is 0. The highest BCUT2D eigenvalue weighted by Gasteiger charge is 2.21. The van der Waals surface area contributed by atoms with Gasteiger partial charge in [-0.25, -0.2) is 14.0 Å². The maximum absolute atomic E-state index is 15.7. The Kier molecular flexibility index (Phi) is 13.2. The number of hydrogen-bond donors (Lipinski definition) is 0. The molecule has 0 bridgehead atoms. The van der Waals surface area contributed by atoms with Gasteiger partial charge < -0.3 is 19.1 Å². The van der Waals surface area contributed by atoms with E-state index in [2.05, 4.69) is 47.2 Å². The van der Waals surface area contributed by atoms with Gasteiger partial charge in [0.1, 0.15) is 6.61 Å². The lowest BCUT2D eigenvalue weighted by Gasteiger charge is -2.26. The highest BCUT2D eigenvalue weighted by molar-refractivity contribution is 5.83. The van der Waals surface area contributed by atoms with Gasteiger partial charge in [-0.15, -0.1) is 0 Å². The lowest BCUT2D eigenvalue weighted by molar-refractivity contribution is -0.155. The van der Waals surface area contributed by atoms with Gasteiger partial charge in [0.05, 0.1) is 36.5 Å². The van der Waals surface area contributed by atoms with Gasteiger partial charge in [0.2, 0.25) is 0 Å². The van der Waals surface area contributed by atoms with E-state index in [4.69, 9.17) is 14.2 Å². The first-order valence-electron chi connectivity index (χ1n) is 17.4. The molecule has 10 heteroatoms. The number of ether oxygens (including phenoxy) is 3. The number of carbonyl (C=O) groups excluding carboxylic acids is 1. The first-order valence-corrected chi connectivity index (χ1v) is 17.4. The third-order valence-corrected chi connectivity index (χ3v) is 9.06. The minimum atomic E-state index is -1.37. The molecule has 0 radical (unpaired) electrons. The first-order chi connectivity index (χ1) is 23.3. The maximum atomic E-state index is 15.7. The van der Waals surface area contributed by atoms with Gasteiger partial charge in [0.15, 0.2) is 6.30 Å². The molecule has 1 aliphatic heterocycles. The summed E-state index contributed by atoms with van der Waals surface area (Å²) in [6, 6.07) is 22.0. The SMILES string of the molecule is CC(C)OC(=O)COC(CCN(C)CCCCCC(F)n1c(=O)n(CCN2CCOCC2)c2ccccc21)c1ccc2ccccc2c1. The monoisotopic (exact) mass is 662 g/mol. The Balaban J connectivity index is 1.10. The van der Waals surface area contributed by atoms with Crippen molar-refractivity contribution in [3.63, 3.8) is 0 Å². The second-order valence-corrected chi connectivity index (χ2v) is 13.1. The second kappa shape index (κ2) is 17.7. The van der Waals surface area contributed by atoms with Crippen LogP contribution < -0.4 is 5.69 Å². The molecule has 2 heterocycles. The number of fused-ring (bicyclic) bond motifs is 2. The Hall–Kier alpha value is -3.57. The number of hydrogen-bond acceptors (Lipinski definition) is 7. The van der Waals surface area contributed by atoms with Crippen LogP contribution in [0.4, 0.5) is 4.39 Å². The van der Waals surface area contributed by atoms with E-state index in [9.17, 15) is 9.59 Å². The molecular weight excluding hydrogens is 611 g/mol. The molecule has 0 spiro atoms. The number of esters is 1. The summed E-state index contributed by atoms with van der Waals surface area (Å²) in [5.41, 5.74) is 2.18. The number of unbranched alkanes of at least 4 members (excludes halogenated alkanes) is 2. The Morgan fingerprint density at radius 3 is 2.40 bits per heavy atom. The van der Waals surface area contributed by atoms with Gasteiger partial charge in [-0.05, 0) is 87.7 Å². The van der Waals surface area contributed by atoms with Gasteiger partial charge in [-0.2, -0.15) is 0 Å². The molecular formula is C38H51FN4O5. The zero-order chi connectivity index (χ0) is 33.9. The minimum absolute atomic E-state index is 0.0978. The normalized spacial score (nSPS) is 15.5. The van der Waals surface area contributed by atoms with Crippen LogP contribution in [0.1, 0.15) is 63.9 Å². The Morgan fingerprint density at radius 1 is 0.896 bits per heavy atom. The minimum Gasteiger partial charge on any atom is -0.461 e. The van der Waals surface area contributed by atoms with Crippen molar-refractivity contribution in [2.45, 2.75) is 71.0 Å². The largest absolute Gasteiger partial charge is 0.461 e. The quantitative estimate of drug-likeness (QED) is 0.0908. The smallest absolute Gasteiger partial charge is 0.332 e. The molecule has 5 rings (SSSR count). The fraction of sp³-hybridized carbons (Fsp3) is 0.526. The summed E-state index contributed by atoms with van der Waals surface area (Å²) in [5, 5.41) is 2.29. The van der Waals surface area contributed by atoms with E-state index >= 15 is 4.39 Å². The molecule has 1 saturated heterocycles. The van der Waals surface area contributed by atoms with Crippen molar-refractivity contribution >= 4 is 27.8 Å². The van der Waals surface area contributed by atoms with E-state index < -0.39 is 6.30 Å². The molecule has 260 valence electrons. The lowest BCUT2D eigenvalue weighted by Crippen LogP contribution is -2.39. The first kappa shape index (κ1) is 35.7. The average molecular weight is 663 g/mol. The summed E-state index contributed by atoms with van der Waals surface area (Å²) in [4.78, 5) is 30.2. The topological polar surface area (TPSA) is 78.2 Å². The fourth-order valence-electron chi connectivity index (χ4n) is 6.45. The molecule has 0 saturated carbocycles. The molecule has 4 aromatic rings. The summed E-state index contributed by atoms with van der Waals surface area (Å²) < 4.78 is 35.5. The summed E-state index contributed by atoms with van der Waals surface area (Å²) in [6.45, 7) is 9.57. The van der Waals surface area contributed by atoms with Crippen LogP contribution >= 0.6 is 0 Å². The predicted molar refractivity (Wildman–Crippen MR) is 188 cm³/mol. The third-order valence-electron chi connectivity index (χ3n) is 9.06. The zero-order valence-corrected chi connectivity index (χ0v) is 28.7. The fourth-order valence-corrected chi connectivity index (χ4v) is 6.45. The Morgan fingerprint density at radius 2 is 1.62 bits per heavy atom. The van der Waals surface area contributed by atoms with Crippen molar-refractivity contribution in [3.05, 3.63) is 82.8 Å². The van der Waals surface area contributed by atoms with E-state index in [1.54, 1.807) is 4.57 Å². The molecule has 0 aliphatic carbocycles. The van der Waals surface area contributed by atoms with Crippen molar-refractivity contribution in [2.75, 3.05) is 59.6 Å². The van der Waals surface area contributed by atoms with E-state index in [0.29, 0.717) is 38.1 Å². The van der Waals surface area contributed by atoms with Crippen molar-refractivity contribution in [3.8, 4) is 0 Å². The van der Waals surface area contributed by atoms with Crippen LogP contribution in [-0.2, 0) is 25.5 Å². The van der Waals surface area contributed by atoms with Crippen LogP contribution in [0.15, 0.2) is 71.5 Å². The number of halogens is 1. The number of alkyl halides is 1. The Labute approximate surface area is 283 Å². The molecule has 1 fully saturated rings.